The Kier molecular flexibility index (Phi) is 10.5. The second-order valence-electron chi connectivity index (χ2n) is 11.3. The molecule has 4 rings (SSSR count). The number of carbonyl (C=O) groups is 2. The van der Waals surface area contributed by atoms with Crippen LogP contribution in [-0.2, 0) is 26.2 Å². The Hall–Kier alpha value is -3.85. The number of nitrogens with zero attached hydrogens (tertiary/aromatic N) is 2. The summed E-state index contributed by atoms with van der Waals surface area (Å²) in [6.07, 6.45) is 4.36. The van der Waals surface area contributed by atoms with E-state index in [1.807, 2.05) is 58.0 Å². The van der Waals surface area contributed by atoms with Crippen LogP contribution in [0.5, 0.6) is 5.75 Å². The minimum atomic E-state index is -4.12. The lowest BCUT2D eigenvalue weighted by atomic mass is 10.1. The third kappa shape index (κ3) is 7.57. The van der Waals surface area contributed by atoms with E-state index in [0.717, 1.165) is 47.9 Å². The van der Waals surface area contributed by atoms with E-state index in [-0.39, 0.29) is 23.4 Å². The van der Waals surface area contributed by atoms with E-state index in [9.17, 15) is 18.0 Å². The third-order valence-corrected chi connectivity index (χ3v) is 10.1. The molecule has 1 saturated carbocycles. The number of sulfonamides is 1. The van der Waals surface area contributed by atoms with Gasteiger partial charge in [-0.05, 0) is 87.1 Å². The number of aryl methyl sites for hydroxylation is 2. The highest BCUT2D eigenvalue weighted by molar-refractivity contribution is 7.92. The van der Waals surface area contributed by atoms with Crippen LogP contribution < -0.4 is 14.4 Å². The minimum absolute atomic E-state index is 0.0906. The van der Waals surface area contributed by atoms with Crippen LogP contribution in [0.2, 0.25) is 0 Å². The number of hydrogen-bond acceptors (Lipinski definition) is 5. The molecule has 2 amide bonds. The summed E-state index contributed by atoms with van der Waals surface area (Å²) < 4.78 is 34.8. The average molecular weight is 606 g/mol. The standard InChI is InChI=1S/C34H43N3O5S/c1-6-31(34(39)35-28-11-7-8-12-28)36(22-27-16-18-29(42-5)19-17-27)33(38)23-37(32-13-9-10-25(3)26(32)4)43(40,41)30-20-14-24(2)15-21-30/h9-10,13-21,28,31H,6-8,11-12,22-23H2,1-5H3,(H,35,39)/t31-/m1/s1. The fourth-order valence-electron chi connectivity index (χ4n) is 5.57. The van der Waals surface area contributed by atoms with Gasteiger partial charge in [0.2, 0.25) is 11.8 Å². The van der Waals surface area contributed by atoms with Crippen molar-refractivity contribution in [1.82, 2.24) is 10.2 Å². The monoisotopic (exact) mass is 605 g/mol. The van der Waals surface area contributed by atoms with Crippen molar-refractivity contribution in [2.45, 2.75) is 83.3 Å². The van der Waals surface area contributed by atoms with Crippen molar-refractivity contribution < 1.29 is 22.7 Å². The van der Waals surface area contributed by atoms with Gasteiger partial charge in [-0.2, -0.15) is 0 Å². The number of anilines is 1. The van der Waals surface area contributed by atoms with Crippen molar-refractivity contribution in [3.63, 3.8) is 0 Å². The van der Waals surface area contributed by atoms with Gasteiger partial charge < -0.3 is 15.0 Å². The lowest BCUT2D eigenvalue weighted by Gasteiger charge is -2.34. The zero-order chi connectivity index (χ0) is 31.1. The van der Waals surface area contributed by atoms with E-state index in [2.05, 4.69) is 5.32 Å². The van der Waals surface area contributed by atoms with Crippen molar-refractivity contribution in [2.75, 3.05) is 18.0 Å². The molecule has 1 atom stereocenters. The zero-order valence-corrected chi connectivity index (χ0v) is 26.6. The van der Waals surface area contributed by atoms with Crippen LogP contribution >= 0.6 is 0 Å². The fraction of sp³-hybridized carbons (Fsp3) is 0.412. The zero-order valence-electron chi connectivity index (χ0n) is 25.8. The Bertz CT molecular complexity index is 1510. The summed E-state index contributed by atoms with van der Waals surface area (Å²) in [4.78, 5) is 29.6. The van der Waals surface area contributed by atoms with E-state index in [1.165, 1.54) is 9.21 Å². The van der Waals surface area contributed by atoms with Gasteiger partial charge >= 0.3 is 0 Å². The highest BCUT2D eigenvalue weighted by Crippen LogP contribution is 2.29. The van der Waals surface area contributed by atoms with Crippen LogP contribution in [0.1, 0.15) is 61.3 Å². The molecule has 0 radical (unpaired) electrons. The van der Waals surface area contributed by atoms with Crippen LogP contribution in [-0.4, -0.2) is 50.9 Å². The highest BCUT2D eigenvalue weighted by Gasteiger charge is 2.35. The largest absolute Gasteiger partial charge is 0.497 e. The summed E-state index contributed by atoms with van der Waals surface area (Å²) in [6.45, 7) is 7.22. The molecule has 230 valence electrons. The summed E-state index contributed by atoms with van der Waals surface area (Å²) in [6, 6.07) is 18.7. The molecule has 1 aliphatic carbocycles. The van der Waals surface area contributed by atoms with Gasteiger partial charge in [0.25, 0.3) is 10.0 Å². The lowest BCUT2D eigenvalue weighted by molar-refractivity contribution is -0.140. The fourth-order valence-corrected chi connectivity index (χ4v) is 7.04. The molecule has 0 spiro atoms. The van der Waals surface area contributed by atoms with Gasteiger partial charge in [-0.1, -0.05) is 61.7 Å². The molecule has 0 aliphatic heterocycles. The Labute approximate surface area is 256 Å². The molecule has 1 N–H and O–H groups in total. The summed E-state index contributed by atoms with van der Waals surface area (Å²) in [5.74, 6) is 0.00899. The maximum absolute atomic E-state index is 14.3. The maximum atomic E-state index is 14.3. The molecule has 0 unspecified atom stereocenters. The molecule has 3 aromatic rings. The Morgan fingerprint density at radius 2 is 1.60 bits per heavy atom. The first-order valence-corrected chi connectivity index (χ1v) is 16.4. The maximum Gasteiger partial charge on any atom is 0.264 e. The van der Waals surface area contributed by atoms with Gasteiger partial charge in [0.1, 0.15) is 18.3 Å². The summed E-state index contributed by atoms with van der Waals surface area (Å²) >= 11 is 0. The first-order chi connectivity index (χ1) is 20.5. The second kappa shape index (κ2) is 14.1. The molecule has 1 fully saturated rings. The van der Waals surface area contributed by atoms with Gasteiger partial charge in [-0.3, -0.25) is 13.9 Å². The first-order valence-electron chi connectivity index (χ1n) is 14.9. The quantitative estimate of drug-likeness (QED) is 0.287. The van der Waals surface area contributed by atoms with E-state index < -0.39 is 28.5 Å². The average Bonchev–Trinajstić information content (AvgIpc) is 3.51. The van der Waals surface area contributed by atoms with Crippen molar-refractivity contribution in [3.05, 3.63) is 89.0 Å². The van der Waals surface area contributed by atoms with Crippen LogP contribution in [0.3, 0.4) is 0 Å². The highest BCUT2D eigenvalue weighted by atomic mass is 32.2. The molecule has 3 aromatic carbocycles. The van der Waals surface area contributed by atoms with E-state index in [1.54, 1.807) is 43.5 Å². The number of ether oxygens (including phenoxy) is 1. The smallest absolute Gasteiger partial charge is 0.264 e. The number of carbonyl (C=O) groups excluding carboxylic acids is 2. The summed E-state index contributed by atoms with van der Waals surface area (Å²) in [5.41, 5.74) is 3.84. The first kappa shape index (κ1) is 32.1. The SMILES string of the molecule is CC[C@H](C(=O)NC1CCCC1)N(Cc1ccc(OC)cc1)C(=O)CN(c1cccc(C)c1C)S(=O)(=O)c1ccc(C)cc1. The molecule has 1 aliphatic rings. The number of benzene rings is 3. The summed E-state index contributed by atoms with van der Waals surface area (Å²) in [7, 11) is -2.54. The van der Waals surface area contributed by atoms with Gasteiger partial charge in [0.15, 0.2) is 0 Å². The number of rotatable bonds is 12. The van der Waals surface area contributed by atoms with E-state index in [4.69, 9.17) is 4.74 Å². The van der Waals surface area contributed by atoms with Gasteiger partial charge in [-0.25, -0.2) is 8.42 Å². The third-order valence-electron chi connectivity index (χ3n) is 8.33. The van der Waals surface area contributed by atoms with Crippen molar-refractivity contribution in [1.29, 1.82) is 0 Å². The Balaban J connectivity index is 1.74. The molecule has 0 heterocycles. The van der Waals surface area contributed by atoms with Crippen molar-refractivity contribution in [2.24, 2.45) is 0 Å². The van der Waals surface area contributed by atoms with E-state index >= 15 is 0 Å². The molecule has 9 heteroatoms. The minimum Gasteiger partial charge on any atom is -0.497 e. The molecule has 0 saturated heterocycles. The molecular weight excluding hydrogens is 562 g/mol. The van der Waals surface area contributed by atoms with E-state index in [0.29, 0.717) is 17.9 Å². The molecular formula is C34H43N3O5S. The predicted octanol–water partition coefficient (Wildman–Crippen LogP) is 5.68. The Morgan fingerprint density at radius 3 is 2.21 bits per heavy atom. The van der Waals surface area contributed by atoms with Crippen LogP contribution in [0, 0.1) is 20.8 Å². The van der Waals surface area contributed by atoms with Gasteiger partial charge in [-0.15, -0.1) is 0 Å². The van der Waals surface area contributed by atoms with Crippen molar-refractivity contribution >= 4 is 27.5 Å². The molecule has 0 bridgehead atoms. The van der Waals surface area contributed by atoms with Crippen LogP contribution in [0.25, 0.3) is 0 Å². The second-order valence-corrected chi connectivity index (χ2v) is 13.2. The Morgan fingerprint density at radius 1 is 0.953 bits per heavy atom. The normalized spacial score (nSPS) is 14.3. The van der Waals surface area contributed by atoms with Crippen LogP contribution in [0.4, 0.5) is 5.69 Å². The number of methoxy groups -OCH3 is 1. The molecule has 0 aromatic heterocycles. The number of hydrogen-bond donors (Lipinski definition) is 1. The molecule has 43 heavy (non-hydrogen) atoms. The topological polar surface area (TPSA) is 96.0 Å². The number of amides is 2. The van der Waals surface area contributed by atoms with Gasteiger partial charge in [0.05, 0.1) is 17.7 Å². The lowest BCUT2D eigenvalue weighted by Crippen LogP contribution is -2.53. The van der Waals surface area contributed by atoms with Crippen molar-refractivity contribution in [3.8, 4) is 5.75 Å². The number of nitrogens with one attached hydrogen (secondary N) is 1. The summed E-state index contributed by atoms with van der Waals surface area (Å²) in [5, 5.41) is 3.15. The predicted molar refractivity (Wildman–Crippen MR) is 170 cm³/mol. The molecule has 8 nitrogen and oxygen atoms in total. The van der Waals surface area contributed by atoms with Crippen LogP contribution in [0.15, 0.2) is 71.6 Å². The van der Waals surface area contributed by atoms with Gasteiger partial charge in [0, 0.05) is 12.6 Å².